The average molecular weight is 416 g/mol. The van der Waals surface area contributed by atoms with Gasteiger partial charge in [-0.15, -0.1) is 6.26 Å². The van der Waals surface area contributed by atoms with E-state index < -0.39 is 0 Å². The molecule has 3 nitrogen and oxygen atoms in total. The minimum Gasteiger partial charge on any atom is -0.878 e. The molecule has 3 heteroatoms. The van der Waals surface area contributed by atoms with Gasteiger partial charge >= 0.3 is 0 Å². The first-order chi connectivity index (χ1) is 10.2. The maximum Gasteiger partial charge on any atom is 0 e. The Balaban J connectivity index is -0.0000000141. The van der Waals surface area contributed by atoms with E-state index in [1.54, 1.807) is 18.2 Å². The van der Waals surface area contributed by atoms with Crippen molar-refractivity contribution < 1.29 is 18.9 Å². The van der Waals surface area contributed by atoms with Crippen molar-refractivity contribution in [3.05, 3.63) is 37.1 Å². The molecule has 4 N–H and O–H groups in total. The zero-order valence-corrected chi connectivity index (χ0v) is 16.1. The van der Waals surface area contributed by atoms with Crippen molar-refractivity contribution >= 4 is 0 Å². The van der Waals surface area contributed by atoms with Gasteiger partial charge in [0.15, 0.2) is 0 Å². The van der Waals surface area contributed by atoms with Crippen LogP contribution in [0.25, 0.3) is 0 Å². The SMILES string of the molecule is C.C.C.C.C.C=CC=CC=C[O-].CCCCCCC.CCCCCCC.O.O.[HH].[HH]. The molecule has 0 aromatic carbocycles. The molecule has 0 amide bonds. The molecule has 0 radical (unpaired) electrons. The van der Waals surface area contributed by atoms with Gasteiger partial charge in [-0.3, -0.25) is 0 Å². The normalized spacial score (nSPS) is 7.43. The highest BCUT2D eigenvalue weighted by molar-refractivity contribution is 5.06. The molecule has 0 spiro atoms. The smallest absolute Gasteiger partial charge is 0 e. The zero-order valence-electron chi connectivity index (χ0n) is 16.1. The van der Waals surface area contributed by atoms with E-state index in [1.165, 1.54) is 70.3 Å². The molecule has 0 rings (SSSR count). The van der Waals surface area contributed by atoms with Gasteiger partial charge in [0.05, 0.1) is 0 Å². The van der Waals surface area contributed by atoms with Crippen molar-refractivity contribution in [2.45, 2.75) is 129 Å². The number of hydrogen-bond donors (Lipinski definition) is 0. The Morgan fingerprint density at radius 2 is 0.857 bits per heavy atom. The summed E-state index contributed by atoms with van der Waals surface area (Å²) in [4.78, 5) is 0. The Morgan fingerprint density at radius 1 is 0.571 bits per heavy atom. The average Bonchev–Trinajstić information content (AvgIpc) is 2.50. The fourth-order valence-corrected chi connectivity index (χ4v) is 1.54. The third-order valence-electron chi connectivity index (χ3n) is 2.85. The first-order valence-electron chi connectivity index (χ1n) is 8.81. The zero-order chi connectivity index (χ0) is 16.6. The molecule has 0 fully saturated rings. The van der Waals surface area contributed by atoms with Crippen molar-refractivity contribution in [3.8, 4) is 0 Å². The molecule has 0 aromatic rings. The highest BCUT2D eigenvalue weighted by atomic mass is 16.2. The van der Waals surface area contributed by atoms with Gasteiger partial charge in [-0.05, 0) is 0 Å². The van der Waals surface area contributed by atoms with Crippen molar-refractivity contribution in [1.29, 1.82) is 0 Å². The van der Waals surface area contributed by atoms with Gasteiger partial charge in [-0.1, -0.05) is 160 Å². The lowest BCUT2D eigenvalue weighted by Gasteiger charge is -1.90. The van der Waals surface area contributed by atoms with E-state index in [4.69, 9.17) is 0 Å². The molecule has 0 aromatic heterocycles. The maximum absolute atomic E-state index is 9.54. The predicted molar refractivity (Wildman–Crippen MR) is 142 cm³/mol. The van der Waals surface area contributed by atoms with Crippen LogP contribution in [-0.2, 0) is 0 Å². The van der Waals surface area contributed by atoms with Crippen LogP contribution in [0.4, 0.5) is 0 Å². The monoisotopic (exact) mass is 416 g/mol. The van der Waals surface area contributed by atoms with Crippen LogP contribution in [0.3, 0.4) is 0 Å². The Kier molecular flexibility index (Phi) is 187. The predicted octanol–water partition coefficient (Wildman–Crippen LogP) is 8.58. The number of unbranched alkanes of at least 4 members (excludes halogenated alkanes) is 8. The summed E-state index contributed by atoms with van der Waals surface area (Å²) in [5, 5.41) is 9.54. The lowest BCUT2D eigenvalue weighted by atomic mass is 10.2. The van der Waals surface area contributed by atoms with Crippen LogP contribution in [0.15, 0.2) is 37.1 Å². The van der Waals surface area contributed by atoms with E-state index >= 15 is 0 Å². The Hall–Kier alpha value is -1.06. The van der Waals surface area contributed by atoms with Crippen LogP contribution in [0, 0.1) is 0 Å². The molecular weight excluding hydrogens is 348 g/mol. The molecule has 28 heavy (non-hydrogen) atoms. The highest BCUT2D eigenvalue weighted by Gasteiger charge is 1.80. The summed E-state index contributed by atoms with van der Waals surface area (Å²) in [6.45, 7) is 12.4. The molecular formula is C25H67O3-. The van der Waals surface area contributed by atoms with Crippen LogP contribution >= 0.6 is 0 Å². The Labute approximate surface area is 185 Å². The number of rotatable bonds is 10. The Morgan fingerprint density at radius 3 is 1.04 bits per heavy atom. The van der Waals surface area contributed by atoms with Crippen molar-refractivity contribution in [3.63, 3.8) is 0 Å². The largest absolute Gasteiger partial charge is 0.878 e. The lowest BCUT2D eigenvalue weighted by molar-refractivity contribution is -0.274. The van der Waals surface area contributed by atoms with E-state index in [0.29, 0.717) is 0 Å². The molecule has 0 aliphatic carbocycles. The molecule has 0 heterocycles. The topological polar surface area (TPSA) is 86.1 Å². The molecule has 0 saturated carbocycles. The summed E-state index contributed by atoms with van der Waals surface area (Å²) in [7, 11) is 0. The van der Waals surface area contributed by atoms with E-state index in [-0.39, 0.29) is 50.9 Å². The van der Waals surface area contributed by atoms with Gasteiger partial charge in [0.1, 0.15) is 0 Å². The fourth-order valence-electron chi connectivity index (χ4n) is 1.54. The maximum atomic E-state index is 9.54. The van der Waals surface area contributed by atoms with Gasteiger partial charge in [0, 0.05) is 2.85 Å². The summed E-state index contributed by atoms with van der Waals surface area (Å²) in [6.07, 6.45) is 21.1. The number of allylic oxidation sites excluding steroid dienone is 4. The van der Waals surface area contributed by atoms with Crippen LogP contribution < -0.4 is 5.11 Å². The first kappa shape index (κ1) is 63.2. The van der Waals surface area contributed by atoms with Crippen molar-refractivity contribution in [2.75, 3.05) is 0 Å². The second-order valence-electron chi connectivity index (χ2n) is 5.07. The van der Waals surface area contributed by atoms with Gasteiger partial charge in [0.25, 0.3) is 0 Å². The van der Waals surface area contributed by atoms with E-state index in [0.717, 1.165) is 6.26 Å². The molecule has 0 aliphatic heterocycles. The van der Waals surface area contributed by atoms with Crippen molar-refractivity contribution in [2.24, 2.45) is 0 Å². The van der Waals surface area contributed by atoms with E-state index in [1.807, 2.05) is 0 Å². The van der Waals surface area contributed by atoms with Crippen LogP contribution in [0.5, 0.6) is 0 Å². The summed E-state index contributed by atoms with van der Waals surface area (Å²) in [6, 6.07) is 0. The first-order valence-corrected chi connectivity index (χ1v) is 8.81. The van der Waals surface area contributed by atoms with Crippen molar-refractivity contribution in [1.82, 2.24) is 0 Å². The summed E-state index contributed by atoms with van der Waals surface area (Å²) in [5.41, 5.74) is 0. The van der Waals surface area contributed by atoms with Gasteiger partial charge in [0.2, 0.25) is 0 Å². The third-order valence-corrected chi connectivity index (χ3v) is 2.85. The minimum absolute atomic E-state index is 0. The van der Waals surface area contributed by atoms with Crippen LogP contribution in [0.2, 0.25) is 0 Å². The quantitative estimate of drug-likeness (QED) is 0.199. The fraction of sp³-hybridized carbons (Fsp3) is 0.760. The van der Waals surface area contributed by atoms with Crippen LogP contribution in [-0.4, -0.2) is 11.0 Å². The summed E-state index contributed by atoms with van der Waals surface area (Å²) in [5.74, 6) is 0. The summed E-state index contributed by atoms with van der Waals surface area (Å²) >= 11 is 0. The van der Waals surface area contributed by atoms with E-state index in [9.17, 15) is 5.11 Å². The summed E-state index contributed by atoms with van der Waals surface area (Å²) < 4.78 is 0. The highest BCUT2D eigenvalue weighted by Crippen LogP contribution is 2.00. The second-order valence-corrected chi connectivity index (χ2v) is 5.07. The van der Waals surface area contributed by atoms with E-state index in [2.05, 4.69) is 34.3 Å². The van der Waals surface area contributed by atoms with Crippen LogP contribution in [0.1, 0.15) is 132 Å². The Bertz CT molecular complexity index is 204. The minimum atomic E-state index is 0. The molecule has 0 aliphatic rings. The molecule has 0 saturated heterocycles. The van der Waals surface area contributed by atoms with Gasteiger partial charge < -0.3 is 16.1 Å². The molecule has 186 valence electrons. The molecule has 0 bridgehead atoms. The van der Waals surface area contributed by atoms with Gasteiger partial charge in [-0.25, -0.2) is 0 Å². The standard InChI is InChI=1S/2C7H16.C6H8O.5CH4.2H2O.2H2/c2*1-3-5-7-6-4-2;1-2-3-4-5-6-7;;;;;;;;;/h2*3-7H2,1-2H3;2-7H,1H2;5*1H4;2*1H2;2*1H/p-1. The third kappa shape index (κ3) is 119. The lowest BCUT2D eigenvalue weighted by Crippen LogP contribution is -1.81. The van der Waals surface area contributed by atoms with Gasteiger partial charge in [-0.2, -0.15) is 0 Å². The number of hydrogen-bond acceptors (Lipinski definition) is 1. The molecule has 0 unspecified atom stereocenters. The molecule has 0 atom stereocenters. The second kappa shape index (κ2) is 83.0.